The summed E-state index contributed by atoms with van der Waals surface area (Å²) in [6, 6.07) is 18.4. The van der Waals surface area contributed by atoms with Gasteiger partial charge in [0.2, 0.25) is 5.91 Å². The van der Waals surface area contributed by atoms with Gasteiger partial charge in [0.1, 0.15) is 0 Å². The number of carbonyl (C=O) groups is 1. The van der Waals surface area contributed by atoms with Crippen molar-refractivity contribution in [3.63, 3.8) is 0 Å². The van der Waals surface area contributed by atoms with Crippen LogP contribution in [0.1, 0.15) is 48.5 Å². The maximum atomic E-state index is 12.4. The second-order valence-corrected chi connectivity index (χ2v) is 8.05. The molecule has 2 aromatic carbocycles. The summed E-state index contributed by atoms with van der Waals surface area (Å²) < 4.78 is 0. The highest BCUT2D eigenvalue weighted by Crippen LogP contribution is 2.27. The van der Waals surface area contributed by atoms with Gasteiger partial charge in [-0.2, -0.15) is 0 Å². The van der Waals surface area contributed by atoms with E-state index in [1.165, 1.54) is 28.5 Å². The molecule has 1 heterocycles. The van der Waals surface area contributed by atoms with Crippen molar-refractivity contribution in [3.8, 4) is 0 Å². The van der Waals surface area contributed by atoms with Gasteiger partial charge in [0.15, 0.2) is 0 Å². The molecule has 1 aliphatic carbocycles. The van der Waals surface area contributed by atoms with Crippen molar-refractivity contribution in [3.05, 3.63) is 77.6 Å². The Labute approximate surface area is 178 Å². The lowest BCUT2D eigenvalue weighted by molar-refractivity contribution is -0.122. The van der Waals surface area contributed by atoms with Crippen LogP contribution in [-0.2, 0) is 17.8 Å². The van der Waals surface area contributed by atoms with E-state index in [-0.39, 0.29) is 5.91 Å². The fourth-order valence-corrected chi connectivity index (χ4v) is 4.30. The molecular weight excluding hydrogens is 372 g/mol. The zero-order chi connectivity index (χ0) is 20.8. The molecule has 156 valence electrons. The van der Waals surface area contributed by atoms with Gasteiger partial charge in [-0.1, -0.05) is 48.5 Å². The molecule has 0 radical (unpaired) electrons. The average Bonchev–Trinajstić information content (AvgIpc) is 2.80. The number of carbonyl (C=O) groups excluding carboxylic acids is 1. The van der Waals surface area contributed by atoms with Crippen LogP contribution in [0.25, 0.3) is 10.8 Å². The third-order valence-electron chi connectivity index (χ3n) is 5.95. The summed E-state index contributed by atoms with van der Waals surface area (Å²) in [6.45, 7) is 1.33. The SMILES string of the molecule is NC(CCCN[C@H]1CCCc2cccnc21)C(=O)NCc1cccc2ccccc12. The molecule has 0 spiro atoms. The number of aryl methyl sites for hydroxylation is 1. The topological polar surface area (TPSA) is 80.0 Å². The Morgan fingerprint density at radius 3 is 2.93 bits per heavy atom. The number of rotatable bonds is 8. The predicted octanol–water partition coefficient (Wildman–Crippen LogP) is 3.63. The van der Waals surface area contributed by atoms with Crippen LogP contribution >= 0.6 is 0 Å². The molecule has 0 bridgehead atoms. The van der Waals surface area contributed by atoms with E-state index in [1.54, 1.807) is 0 Å². The lowest BCUT2D eigenvalue weighted by atomic mass is 9.92. The fraction of sp³-hybridized carbons (Fsp3) is 0.360. The highest BCUT2D eigenvalue weighted by atomic mass is 16.2. The second kappa shape index (κ2) is 9.83. The lowest BCUT2D eigenvalue weighted by Gasteiger charge is -2.25. The van der Waals surface area contributed by atoms with Crippen LogP contribution in [0.15, 0.2) is 60.8 Å². The number of nitrogens with one attached hydrogen (secondary N) is 2. The monoisotopic (exact) mass is 402 g/mol. The number of nitrogens with two attached hydrogens (primary N) is 1. The Balaban J connectivity index is 1.22. The third kappa shape index (κ3) is 4.86. The van der Waals surface area contributed by atoms with Gasteiger partial charge in [-0.25, -0.2) is 0 Å². The molecule has 0 saturated carbocycles. The van der Waals surface area contributed by atoms with Gasteiger partial charge in [-0.15, -0.1) is 0 Å². The van der Waals surface area contributed by atoms with Crippen LogP contribution in [0.5, 0.6) is 0 Å². The average molecular weight is 403 g/mol. The molecule has 5 nitrogen and oxygen atoms in total. The van der Waals surface area contributed by atoms with Gasteiger partial charge in [-0.05, 0) is 66.6 Å². The molecule has 0 fully saturated rings. The van der Waals surface area contributed by atoms with Gasteiger partial charge in [-0.3, -0.25) is 9.78 Å². The number of pyridine rings is 1. The van der Waals surface area contributed by atoms with Crippen LogP contribution in [-0.4, -0.2) is 23.5 Å². The van der Waals surface area contributed by atoms with Crippen molar-refractivity contribution < 1.29 is 4.79 Å². The molecule has 1 aliphatic rings. The van der Waals surface area contributed by atoms with Crippen molar-refractivity contribution in [2.45, 2.75) is 50.7 Å². The van der Waals surface area contributed by atoms with Crippen molar-refractivity contribution in [1.29, 1.82) is 0 Å². The van der Waals surface area contributed by atoms with Crippen molar-refractivity contribution >= 4 is 16.7 Å². The number of aromatic nitrogens is 1. The van der Waals surface area contributed by atoms with E-state index in [2.05, 4.69) is 39.9 Å². The Kier molecular flexibility index (Phi) is 6.72. The molecular formula is C25H30N4O. The molecule has 1 aromatic heterocycles. The second-order valence-electron chi connectivity index (χ2n) is 8.05. The smallest absolute Gasteiger partial charge is 0.237 e. The molecule has 0 aliphatic heterocycles. The standard InChI is InChI=1S/C25H30N4O/c26-22(13-6-15-27-23-14-4-9-19-11-5-16-28-24(19)23)25(30)29-17-20-10-3-8-18-7-1-2-12-21(18)20/h1-3,5,7-8,10-12,16,22-23,27H,4,6,9,13-15,17,26H2,(H,29,30)/t22?,23-/m0/s1. The zero-order valence-corrected chi connectivity index (χ0v) is 17.3. The summed E-state index contributed by atoms with van der Waals surface area (Å²) in [7, 11) is 0. The summed E-state index contributed by atoms with van der Waals surface area (Å²) in [5, 5.41) is 8.95. The van der Waals surface area contributed by atoms with Crippen LogP contribution in [0.4, 0.5) is 0 Å². The van der Waals surface area contributed by atoms with E-state index in [9.17, 15) is 4.79 Å². The maximum absolute atomic E-state index is 12.4. The zero-order valence-electron chi connectivity index (χ0n) is 17.3. The number of fused-ring (bicyclic) bond motifs is 2. The van der Waals surface area contributed by atoms with Gasteiger partial charge in [0.05, 0.1) is 11.7 Å². The fourth-order valence-electron chi connectivity index (χ4n) is 4.30. The Bertz CT molecular complexity index is 998. The summed E-state index contributed by atoms with van der Waals surface area (Å²) >= 11 is 0. The molecule has 1 amide bonds. The molecule has 3 aromatic rings. The Hall–Kier alpha value is -2.76. The van der Waals surface area contributed by atoms with Gasteiger partial charge >= 0.3 is 0 Å². The number of amides is 1. The first-order chi connectivity index (χ1) is 14.7. The van der Waals surface area contributed by atoms with E-state index in [0.717, 1.165) is 31.4 Å². The number of benzene rings is 2. The van der Waals surface area contributed by atoms with Crippen molar-refractivity contribution in [2.75, 3.05) is 6.54 Å². The van der Waals surface area contributed by atoms with Gasteiger partial charge in [0.25, 0.3) is 0 Å². The van der Waals surface area contributed by atoms with Crippen LogP contribution in [0.3, 0.4) is 0 Å². The van der Waals surface area contributed by atoms with E-state index in [4.69, 9.17) is 5.73 Å². The molecule has 5 heteroatoms. The number of nitrogens with zero attached hydrogens (tertiary/aromatic N) is 1. The highest BCUT2D eigenvalue weighted by molar-refractivity contribution is 5.86. The predicted molar refractivity (Wildman–Crippen MR) is 121 cm³/mol. The van der Waals surface area contributed by atoms with Gasteiger partial charge < -0.3 is 16.4 Å². The van der Waals surface area contributed by atoms with E-state index >= 15 is 0 Å². The molecule has 30 heavy (non-hydrogen) atoms. The van der Waals surface area contributed by atoms with E-state index < -0.39 is 6.04 Å². The minimum atomic E-state index is -0.487. The summed E-state index contributed by atoms with van der Waals surface area (Å²) in [5.41, 5.74) is 9.78. The minimum absolute atomic E-state index is 0.0902. The van der Waals surface area contributed by atoms with E-state index in [0.29, 0.717) is 19.0 Å². The summed E-state index contributed by atoms with van der Waals surface area (Å²) in [6.07, 6.45) is 6.81. The Morgan fingerprint density at radius 1 is 1.13 bits per heavy atom. The first-order valence-corrected chi connectivity index (χ1v) is 10.9. The molecule has 1 unspecified atom stereocenters. The molecule has 0 saturated heterocycles. The first kappa shape index (κ1) is 20.5. The summed E-state index contributed by atoms with van der Waals surface area (Å²) in [4.78, 5) is 17.0. The largest absolute Gasteiger partial charge is 0.351 e. The summed E-state index contributed by atoms with van der Waals surface area (Å²) in [5.74, 6) is -0.0902. The van der Waals surface area contributed by atoms with Crippen molar-refractivity contribution in [1.82, 2.24) is 15.6 Å². The van der Waals surface area contributed by atoms with Crippen LogP contribution in [0, 0.1) is 0 Å². The first-order valence-electron chi connectivity index (χ1n) is 10.9. The van der Waals surface area contributed by atoms with Crippen LogP contribution < -0.4 is 16.4 Å². The minimum Gasteiger partial charge on any atom is -0.351 e. The Morgan fingerprint density at radius 2 is 2.00 bits per heavy atom. The number of hydrogen-bond donors (Lipinski definition) is 3. The number of hydrogen-bond acceptors (Lipinski definition) is 4. The van der Waals surface area contributed by atoms with Crippen molar-refractivity contribution in [2.24, 2.45) is 5.73 Å². The molecule has 4 N–H and O–H groups in total. The third-order valence-corrected chi connectivity index (χ3v) is 5.95. The lowest BCUT2D eigenvalue weighted by Crippen LogP contribution is -2.40. The molecule has 2 atom stereocenters. The maximum Gasteiger partial charge on any atom is 0.237 e. The molecule has 4 rings (SSSR count). The normalized spacial score (nSPS) is 16.8. The quantitative estimate of drug-likeness (QED) is 0.503. The van der Waals surface area contributed by atoms with Gasteiger partial charge in [0, 0.05) is 18.8 Å². The highest BCUT2D eigenvalue weighted by Gasteiger charge is 2.20. The van der Waals surface area contributed by atoms with Crippen LogP contribution in [0.2, 0.25) is 0 Å². The van der Waals surface area contributed by atoms with E-state index in [1.807, 2.05) is 36.5 Å².